The first-order valence-electron chi connectivity index (χ1n) is 9.91. The van der Waals surface area contributed by atoms with Crippen LogP contribution in [0, 0.1) is 6.92 Å². The molecule has 1 aliphatic rings. The first kappa shape index (κ1) is 19.2. The Bertz CT molecular complexity index is 835. The fraction of sp³-hybridized carbons (Fsp3) is 0.550. The van der Waals surface area contributed by atoms with Gasteiger partial charge in [0.2, 0.25) is 0 Å². The van der Waals surface area contributed by atoms with Gasteiger partial charge in [-0.05, 0) is 38.7 Å². The van der Waals surface area contributed by atoms with Crippen molar-refractivity contribution in [2.45, 2.75) is 59.2 Å². The highest BCUT2D eigenvalue weighted by atomic mass is 16.2. The number of hydrogen-bond donors (Lipinski definition) is 2. The third-order valence-electron chi connectivity index (χ3n) is 4.72. The molecule has 2 N–H and O–H groups in total. The van der Waals surface area contributed by atoms with Gasteiger partial charge in [0.15, 0.2) is 5.96 Å². The van der Waals surface area contributed by atoms with Gasteiger partial charge in [-0.2, -0.15) is 5.10 Å². The van der Waals surface area contributed by atoms with E-state index in [2.05, 4.69) is 58.8 Å². The SMILES string of the molecule is CCNC(=NCc1cccc(C)c1)NCCCn1nc2n(c1=O)CCCC2. The molecule has 0 saturated carbocycles. The van der Waals surface area contributed by atoms with Crippen molar-refractivity contribution in [3.05, 3.63) is 51.7 Å². The van der Waals surface area contributed by atoms with Crippen molar-refractivity contribution in [3.8, 4) is 0 Å². The second-order valence-corrected chi connectivity index (χ2v) is 7.00. The van der Waals surface area contributed by atoms with Gasteiger partial charge in [-0.25, -0.2) is 14.5 Å². The Morgan fingerprint density at radius 1 is 1.30 bits per heavy atom. The van der Waals surface area contributed by atoms with Crippen LogP contribution in [0.15, 0.2) is 34.1 Å². The smallest absolute Gasteiger partial charge is 0.345 e. The Hall–Kier alpha value is -2.57. The fourth-order valence-electron chi connectivity index (χ4n) is 3.35. The molecule has 2 aromatic rings. The van der Waals surface area contributed by atoms with Crippen molar-refractivity contribution in [2.24, 2.45) is 4.99 Å². The van der Waals surface area contributed by atoms with Crippen molar-refractivity contribution in [1.82, 2.24) is 25.0 Å². The van der Waals surface area contributed by atoms with Gasteiger partial charge in [0.1, 0.15) is 5.82 Å². The van der Waals surface area contributed by atoms with E-state index in [1.165, 1.54) is 11.1 Å². The van der Waals surface area contributed by atoms with Crippen LogP contribution >= 0.6 is 0 Å². The zero-order valence-corrected chi connectivity index (χ0v) is 16.4. The largest absolute Gasteiger partial charge is 0.357 e. The molecule has 1 aliphatic heterocycles. The second kappa shape index (κ2) is 9.39. The van der Waals surface area contributed by atoms with Crippen molar-refractivity contribution in [1.29, 1.82) is 0 Å². The number of fused-ring (bicyclic) bond motifs is 1. The minimum Gasteiger partial charge on any atom is -0.357 e. The summed E-state index contributed by atoms with van der Waals surface area (Å²) in [6.07, 6.45) is 3.94. The molecule has 7 nitrogen and oxygen atoms in total. The number of aromatic nitrogens is 3. The predicted octanol–water partition coefficient (Wildman–Crippen LogP) is 1.83. The van der Waals surface area contributed by atoms with Crippen molar-refractivity contribution >= 4 is 5.96 Å². The van der Waals surface area contributed by atoms with E-state index in [-0.39, 0.29) is 5.69 Å². The molecule has 0 unspecified atom stereocenters. The average Bonchev–Trinajstić information content (AvgIpc) is 2.99. The van der Waals surface area contributed by atoms with E-state index in [1.54, 1.807) is 4.68 Å². The highest BCUT2D eigenvalue weighted by Gasteiger charge is 2.16. The van der Waals surface area contributed by atoms with Gasteiger partial charge in [-0.3, -0.25) is 4.57 Å². The second-order valence-electron chi connectivity index (χ2n) is 7.00. The van der Waals surface area contributed by atoms with E-state index in [4.69, 9.17) is 0 Å². The first-order valence-corrected chi connectivity index (χ1v) is 9.91. The fourth-order valence-corrected chi connectivity index (χ4v) is 3.35. The van der Waals surface area contributed by atoms with Crippen LogP contribution in [-0.2, 0) is 26.1 Å². The Morgan fingerprint density at radius 2 is 2.19 bits per heavy atom. The van der Waals surface area contributed by atoms with Crippen LogP contribution in [0.25, 0.3) is 0 Å². The molecular weight excluding hydrogens is 340 g/mol. The number of benzene rings is 1. The lowest BCUT2D eigenvalue weighted by Gasteiger charge is -2.11. The maximum absolute atomic E-state index is 12.3. The molecule has 1 aromatic carbocycles. The van der Waals surface area contributed by atoms with Crippen LogP contribution in [0.2, 0.25) is 0 Å². The summed E-state index contributed by atoms with van der Waals surface area (Å²) >= 11 is 0. The molecule has 7 heteroatoms. The van der Waals surface area contributed by atoms with Crippen LogP contribution in [0.1, 0.15) is 43.1 Å². The Balaban J connectivity index is 1.50. The Labute approximate surface area is 160 Å². The molecule has 0 bridgehead atoms. The van der Waals surface area contributed by atoms with E-state index in [1.807, 2.05) is 4.57 Å². The summed E-state index contributed by atoms with van der Waals surface area (Å²) in [5.74, 6) is 1.74. The third-order valence-corrected chi connectivity index (χ3v) is 4.72. The lowest BCUT2D eigenvalue weighted by molar-refractivity contribution is 0.509. The summed E-state index contributed by atoms with van der Waals surface area (Å²) in [5, 5.41) is 11.1. The van der Waals surface area contributed by atoms with E-state index < -0.39 is 0 Å². The summed E-state index contributed by atoms with van der Waals surface area (Å²) in [7, 11) is 0. The molecular formula is C20H30N6O. The summed E-state index contributed by atoms with van der Waals surface area (Å²) in [4.78, 5) is 17.0. The van der Waals surface area contributed by atoms with E-state index in [9.17, 15) is 4.79 Å². The zero-order chi connectivity index (χ0) is 19.1. The topological polar surface area (TPSA) is 76.2 Å². The van der Waals surface area contributed by atoms with Gasteiger partial charge >= 0.3 is 5.69 Å². The minimum absolute atomic E-state index is 0.0321. The molecule has 146 valence electrons. The number of guanidine groups is 1. The molecule has 1 aromatic heterocycles. The molecule has 0 radical (unpaired) electrons. The van der Waals surface area contributed by atoms with Crippen molar-refractivity contribution in [2.75, 3.05) is 13.1 Å². The zero-order valence-electron chi connectivity index (χ0n) is 16.4. The summed E-state index contributed by atoms with van der Waals surface area (Å²) in [5.41, 5.74) is 2.47. The maximum atomic E-state index is 12.3. The van der Waals surface area contributed by atoms with Crippen molar-refractivity contribution in [3.63, 3.8) is 0 Å². The van der Waals surface area contributed by atoms with Crippen LogP contribution in [0.5, 0.6) is 0 Å². The standard InChI is InChI=1S/C20H30N6O/c1-3-21-19(23-15-17-9-6-8-16(2)14-17)22-11-7-13-26-20(27)25-12-5-4-10-18(25)24-26/h6,8-9,14H,3-5,7,10-13,15H2,1-2H3,(H2,21,22,23). The van der Waals surface area contributed by atoms with Crippen LogP contribution in [0.3, 0.4) is 0 Å². The van der Waals surface area contributed by atoms with Gasteiger partial charge in [-0.1, -0.05) is 29.8 Å². The lowest BCUT2D eigenvalue weighted by atomic mass is 10.1. The predicted molar refractivity (Wildman–Crippen MR) is 108 cm³/mol. The maximum Gasteiger partial charge on any atom is 0.345 e. The van der Waals surface area contributed by atoms with Crippen molar-refractivity contribution < 1.29 is 0 Å². The van der Waals surface area contributed by atoms with Gasteiger partial charge in [-0.15, -0.1) is 0 Å². The van der Waals surface area contributed by atoms with Gasteiger partial charge in [0, 0.05) is 32.6 Å². The molecule has 0 saturated heterocycles. The van der Waals surface area contributed by atoms with Gasteiger partial charge in [0.05, 0.1) is 6.54 Å². The molecule has 0 fully saturated rings. The monoisotopic (exact) mass is 370 g/mol. The minimum atomic E-state index is 0.0321. The van der Waals surface area contributed by atoms with E-state index in [0.29, 0.717) is 13.1 Å². The number of hydrogen-bond acceptors (Lipinski definition) is 3. The van der Waals surface area contributed by atoms with Gasteiger partial charge < -0.3 is 10.6 Å². The number of aryl methyl sites for hydroxylation is 3. The summed E-state index contributed by atoms with van der Waals surface area (Å²) in [6.45, 7) is 7.78. The number of nitrogens with one attached hydrogen (secondary N) is 2. The van der Waals surface area contributed by atoms with Gasteiger partial charge in [0.25, 0.3) is 0 Å². The number of rotatable bonds is 7. The number of nitrogens with zero attached hydrogens (tertiary/aromatic N) is 4. The quantitative estimate of drug-likeness (QED) is 0.443. The first-order chi connectivity index (χ1) is 13.2. The summed E-state index contributed by atoms with van der Waals surface area (Å²) < 4.78 is 3.43. The molecule has 2 heterocycles. The molecule has 3 rings (SSSR count). The third kappa shape index (κ3) is 5.21. The van der Waals surface area contributed by atoms with Crippen LogP contribution in [-0.4, -0.2) is 33.4 Å². The summed E-state index contributed by atoms with van der Waals surface area (Å²) in [6, 6.07) is 8.39. The van der Waals surface area contributed by atoms with E-state index >= 15 is 0 Å². The molecule has 0 atom stereocenters. The highest BCUT2D eigenvalue weighted by molar-refractivity contribution is 5.79. The number of aliphatic imine (C=N–C) groups is 1. The lowest BCUT2D eigenvalue weighted by Crippen LogP contribution is -2.38. The molecule has 27 heavy (non-hydrogen) atoms. The van der Waals surface area contributed by atoms with E-state index in [0.717, 1.165) is 57.1 Å². The average molecular weight is 371 g/mol. The molecule has 0 aliphatic carbocycles. The van der Waals surface area contributed by atoms with Crippen LogP contribution in [0.4, 0.5) is 0 Å². The van der Waals surface area contributed by atoms with Crippen LogP contribution < -0.4 is 16.3 Å². The Morgan fingerprint density at radius 3 is 2.96 bits per heavy atom. The molecule has 0 spiro atoms. The highest BCUT2D eigenvalue weighted by Crippen LogP contribution is 2.09. The normalized spacial score (nSPS) is 14.1. The molecule has 0 amide bonds. The Kier molecular flexibility index (Phi) is 6.68.